The van der Waals surface area contributed by atoms with Gasteiger partial charge in [0, 0.05) is 25.8 Å². The minimum atomic E-state index is 0.477. The lowest BCUT2D eigenvalue weighted by atomic mass is 10.1. The first-order chi connectivity index (χ1) is 9.60. The topological polar surface area (TPSA) is 28.2 Å². The van der Waals surface area contributed by atoms with Crippen LogP contribution in [-0.4, -0.2) is 25.6 Å². The molecule has 0 spiro atoms. The summed E-state index contributed by atoms with van der Waals surface area (Å²) in [5.74, 6) is 2.47. The molecule has 0 saturated heterocycles. The van der Waals surface area contributed by atoms with Crippen molar-refractivity contribution in [3.05, 3.63) is 23.4 Å². The maximum Gasteiger partial charge on any atom is 0.128 e. The molecule has 1 N–H and O–H groups in total. The second-order valence-electron chi connectivity index (χ2n) is 6.47. The Kier molecular flexibility index (Phi) is 5.41. The summed E-state index contributed by atoms with van der Waals surface area (Å²) in [4.78, 5) is 7.20. The van der Waals surface area contributed by atoms with Crippen LogP contribution < -0.4 is 10.2 Å². The van der Waals surface area contributed by atoms with Gasteiger partial charge in [-0.05, 0) is 49.4 Å². The number of aromatic nitrogens is 1. The van der Waals surface area contributed by atoms with E-state index in [4.69, 9.17) is 4.98 Å². The Morgan fingerprint density at radius 1 is 1.30 bits per heavy atom. The molecule has 1 aliphatic carbocycles. The van der Waals surface area contributed by atoms with Crippen LogP contribution in [0.15, 0.2) is 12.1 Å². The monoisotopic (exact) mass is 275 g/mol. The van der Waals surface area contributed by atoms with Crippen molar-refractivity contribution in [2.75, 3.05) is 25.5 Å². The molecule has 1 saturated carbocycles. The number of anilines is 1. The molecule has 0 bridgehead atoms. The molecule has 0 aliphatic heterocycles. The van der Waals surface area contributed by atoms with Crippen molar-refractivity contribution in [2.24, 2.45) is 5.92 Å². The SMILES string of the molecule is CNCc1cc(C(C)C)nc(N(C)CC2CCCC2)c1. The smallest absolute Gasteiger partial charge is 0.128 e. The Labute approximate surface area is 123 Å². The first-order valence-electron chi connectivity index (χ1n) is 7.96. The van der Waals surface area contributed by atoms with E-state index in [1.54, 1.807) is 0 Å². The molecule has 1 aliphatic rings. The van der Waals surface area contributed by atoms with Crippen LogP contribution in [0, 0.1) is 5.92 Å². The van der Waals surface area contributed by atoms with Crippen molar-refractivity contribution >= 4 is 5.82 Å². The van der Waals surface area contributed by atoms with Gasteiger partial charge in [-0.3, -0.25) is 0 Å². The minimum absolute atomic E-state index is 0.477. The molecule has 2 rings (SSSR count). The summed E-state index contributed by atoms with van der Waals surface area (Å²) in [5, 5.41) is 3.24. The molecule has 20 heavy (non-hydrogen) atoms. The van der Waals surface area contributed by atoms with E-state index in [1.165, 1.54) is 36.9 Å². The summed E-state index contributed by atoms with van der Waals surface area (Å²) in [6.07, 6.45) is 5.58. The van der Waals surface area contributed by atoms with E-state index >= 15 is 0 Å². The van der Waals surface area contributed by atoms with Crippen molar-refractivity contribution < 1.29 is 0 Å². The maximum absolute atomic E-state index is 4.86. The van der Waals surface area contributed by atoms with Crippen molar-refractivity contribution in [3.8, 4) is 0 Å². The van der Waals surface area contributed by atoms with Crippen molar-refractivity contribution in [1.29, 1.82) is 0 Å². The zero-order valence-corrected chi connectivity index (χ0v) is 13.4. The van der Waals surface area contributed by atoms with Crippen LogP contribution in [0.2, 0.25) is 0 Å². The second kappa shape index (κ2) is 7.07. The first-order valence-corrected chi connectivity index (χ1v) is 7.96. The van der Waals surface area contributed by atoms with Gasteiger partial charge >= 0.3 is 0 Å². The quantitative estimate of drug-likeness (QED) is 0.860. The zero-order chi connectivity index (χ0) is 14.5. The van der Waals surface area contributed by atoms with Crippen LogP contribution in [0.5, 0.6) is 0 Å². The van der Waals surface area contributed by atoms with Gasteiger partial charge in [-0.25, -0.2) is 4.98 Å². The summed E-state index contributed by atoms with van der Waals surface area (Å²) in [6.45, 7) is 6.48. The summed E-state index contributed by atoms with van der Waals surface area (Å²) in [7, 11) is 4.19. The molecule has 0 unspecified atom stereocenters. The Balaban J connectivity index is 2.15. The predicted octanol–water partition coefficient (Wildman–Crippen LogP) is 3.55. The van der Waals surface area contributed by atoms with Crippen LogP contribution in [0.4, 0.5) is 5.82 Å². The molecule has 1 aromatic rings. The first kappa shape index (κ1) is 15.3. The van der Waals surface area contributed by atoms with Crippen molar-refractivity contribution in [2.45, 2.75) is 52.0 Å². The highest BCUT2D eigenvalue weighted by Crippen LogP contribution is 2.27. The van der Waals surface area contributed by atoms with E-state index < -0.39 is 0 Å². The zero-order valence-electron chi connectivity index (χ0n) is 13.4. The van der Waals surface area contributed by atoms with Gasteiger partial charge in [-0.1, -0.05) is 26.7 Å². The lowest BCUT2D eigenvalue weighted by Gasteiger charge is -2.24. The highest BCUT2D eigenvalue weighted by atomic mass is 15.2. The Morgan fingerprint density at radius 2 is 2.00 bits per heavy atom. The average molecular weight is 275 g/mol. The predicted molar refractivity (Wildman–Crippen MR) is 86.3 cm³/mol. The number of hydrogen-bond acceptors (Lipinski definition) is 3. The molecule has 1 heterocycles. The van der Waals surface area contributed by atoms with E-state index in [-0.39, 0.29) is 0 Å². The number of nitrogens with one attached hydrogen (secondary N) is 1. The summed E-state index contributed by atoms with van der Waals surface area (Å²) < 4.78 is 0. The molecule has 1 aromatic heterocycles. The molecule has 0 atom stereocenters. The number of hydrogen-bond donors (Lipinski definition) is 1. The largest absolute Gasteiger partial charge is 0.359 e. The van der Waals surface area contributed by atoms with Crippen LogP contribution in [0.1, 0.15) is 56.7 Å². The van der Waals surface area contributed by atoms with Gasteiger partial charge in [0.1, 0.15) is 5.82 Å². The van der Waals surface area contributed by atoms with Gasteiger partial charge in [0.05, 0.1) is 0 Å². The van der Waals surface area contributed by atoms with Gasteiger partial charge in [0.15, 0.2) is 0 Å². The van der Waals surface area contributed by atoms with E-state index in [2.05, 4.69) is 43.2 Å². The third-order valence-electron chi connectivity index (χ3n) is 4.26. The van der Waals surface area contributed by atoms with Crippen molar-refractivity contribution in [1.82, 2.24) is 10.3 Å². The van der Waals surface area contributed by atoms with Gasteiger partial charge in [-0.15, -0.1) is 0 Å². The van der Waals surface area contributed by atoms with Crippen LogP contribution >= 0.6 is 0 Å². The van der Waals surface area contributed by atoms with Gasteiger partial charge in [-0.2, -0.15) is 0 Å². The fraction of sp³-hybridized carbons (Fsp3) is 0.706. The fourth-order valence-corrected chi connectivity index (χ4v) is 3.07. The highest BCUT2D eigenvalue weighted by molar-refractivity contribution is 5.42. The lowest BCUT2D eigenvalue weighted by Crippen LogP contribution is -2.25. The number of pyridine rings is 1. The summed E-state index contributed by atoms with van der Waals surface area (Å²) >= 11 is 0. The Bertz CT molecular complexity index is 422. The third-order valence-corrected chi connectivity index (χ3v) is 4.26. The maximum atomic E-state index is 4.86. The third kappa shape index (κ3) is 3.95. The summed E-state index contributed by atoms with van der Waals surface area (Å²) in [6, 6.07) is 4.46. The van der Waals surface area contributed by atoms with Crippen LogP contribution in [-0.2, 0) is 6.54 Å². The van der Waals surface area contributed by atoms with Crippen LogP contribution in [0.25, 0.3) is 0 Å². The lowest BCUT2D eigenvalue weighted by molar-refractivity contribution is 0.544. The van der Waals surface area contributed by atoms with E-state index in [0.717, 1.165) is 24.8 Å². The van der Waals surface area contributed by atoms with E-state index in [9.17, 15) is 0 Å². The van der Waals surface area contributed by atoms with Gasteiger partial charge < -0.3 is 10.2 Å². The second-order valence-corrected chi connectivity index (χ2v) is 6.47. The number of rotatable bonds is 6. The molecule has 0 aromatic carbocycles. The van der Waals surface area contributed by atoms with Gasteiger partial charge in [0.2, 0.25) is 0 Å². The Hall–Kier alpha value is -1.09. The van der Waals surface area contributed by atoms with Crippen molar-refractivity contribution in [3.63, 3.8) is 0 Å². The molecule has 112 valence electrons. The normalized spacial score (nSPS) is 16.1. The molecular weight excluding hydrogens is 246 g/mol. The van der Waals surface area contributed by atoms with Gasteiger partial charge in [0.25, 0.3) is 0 Å². The molecule has 3 nitrogen and oxygen atoms in total. The van der Waals surface area contributed by atoms with E-state index in [0.29, 0.717) is 5.92 Å². The van der Waals surface area contributed by atoms with Crippen LogP contribution in [0.3, 0.4) is 0 Å². The number of nitrogens with zero attached hydrogens (tertiary/aromatic N) is 2. The standard InChI is InChI=1S/C17H29N3/c1-13(2)16-9-15(11-18-3)10-17(19-16)20(4)12-14-7-5-6-8-14/h9-10,13-14,18H,5-8,11-12H2,1-4H3. The fourth-order valence-electron chi connectivity index (χ4n) is 3.07. The Morgan fingerprint density at radius 3 is 2.60 bits per heavy atom. The average Bonchev–Trinajstić information content (AvgIpc) is 2.91. The highest BCUT2D eigenvalue weighted by Gasteiger charge is 2.18. The molecular formula is C17H29N3. The molecule has 0 amide bonds. The van der Waals surface area contributed by atoms with E-state index in [1.807, 2.05) is 7.05 Å². The summed E-state index contributed by atoms with van der Waals surface area (Å²) in [5.41, 5.74) is 2.53. The minimum Gasteiger partial charge on any atom is -0.359 e. The molecule has 1 fully saturated rings. The molecule has 0 radical (unpaired) electrons. The molecule has 3 heteroatoms.